The first-order valence-corrected chi connectivity index (χ1v) is 60.5. The van der Waals surface area contributed by atoms with Gasteiger partial charge in [0.25, 0.3) is 0 Å². The van der Waals surface area contributed by atoms with Crippen molar-refractivity contribution in [2.24, 2.45) is 135 Å². The van der Waals surface area contributed by atoms with Gasteiger partial charge in [0, 0.05) is 0 Å². The zero-order valence-electron chi connectivity index (χ0n) is 128. The van der Waals surface area contributed by atoms with Crippen LogP contribution in [0.3, 0.4) is 0 Å². The zero-order valence-corrected chi connectivity index (χ0v) is 128. The van der Waals surface area contributed by atoms with Crippen molar-refractivity contribution in [3.8, 4) is 0 Å². The minimum Gasteiger partial charge on any atom is -0.0776 e. The molecule has 0 saturated heterocycles. The highest BCUT2D eigenvalue weighted by atomic mass is 14.5. The molecular weight excluding hydrogens is 1770 g/mol. The third-order valence-corrected chi connectivity index (χ3v) is 21.0. The Morgan fingerprint density at radius 2 is 0.0748 bits per heavy atom. The molecule has 0 aliphatic carbocycles. The fraction of sp³-hybridized carbons (Fsp3) is 1.00. The molecule has 0 saturated carbocycles. The topological polar surface area (TPSA) is 0 Å². The molecule has 0 aromatic carbocycles. The number of rotatable bonds is 0. The van der Waals surface area contributed by atoms with E-state index in [2.05, 4.69) is 554 Å². The van der Waals surface area contributed by atoms with Crippen LogP contribution in [-0.2, 0) is 0 Å². The van der Waals surface area contributed by atoms with Gasteiger partial charge in [-0.05, 0) is 135 Å². The molecule has 0 heteroatoms. The molecule has 0 bridgehead atoms. The van der Waals surface area contributed by atoms with E-state index in [1.807, 2.05) is 249 Å². The summed E-state index contributed by atoms with van der Waals surface area (Å²) >= 11 is 0. The van der Waals surface area contributed by atoms with E-state index in [-0.39, 0.29) is 44.6 Å². The van der Waals surface area contributed by atoms with E-state index in [0.717, 1.165) is 0 Å². The highest BCUT2D eigenvalue weighted by molar-refractivity contribution is 4.93. The van der Waals surface area contributed by atoms with Gasteiger partial charge in [-0.25, -0.2) is 0 Å². The Balaban J connectivity index is -0.0000000225. The summed E-state index contributed by atoms with van der Waals surface area (Å²) in [5.74, 6) is 0. The molecule has 0 rings (SSSR count). The third kappa shape index (κ3) is 374. The molecule has 0 aliphatic heterocycles. The maximum atomic E-state index is 2.35. The normalized spacial score (nSPS) is 10.5. The average Bonchev–Trinajstić information content (AvgIpc) is 0.792. The Morgan fingerprint density at radius 3 is 0.0748 bits per heavy atom. The summed E-state index contributed by atoms with van der Waals surface area (Å²) in [6.45, 7) is 252. The van der Waals surface area contributed by atoms with Crippen LogP contribution in [0, 0.1) is 135 Å². The van der Waals surface area contributed by atoms with E-state index in [0.29, 0.717) is 135 Å². The third-order valence-electron chi connectivity index (χ3n) is 21.0. The molecule has 0 N–H and O–H groups in total. The van der Waals surface area contributed by atoms with Crippen LogP contribution < -0.4 is 0 Å². The molecular formula is C147H372. The van der Waals surface area contributed by atoms with Crippen molar-refractivity contribution in [1.82, 2.24) is 0 Å². The summed E-state index contributed by atoms with van der Waals surface area (Å²) in [6.07, 6.45) is 0. The van der Waals surface area contributed by atoms with Crippen molar-refractivity contribution >= 4 is 0 Å². The molecule has 0 nitrogen and oxygen atoms in total. The Morgan fingerprint density at radius 1 is 0.0544 bits per heavy atom. The maximum absolute atomic E-state index is 2.35. The predicted octanol–water partition coefficient (Wildman–Crippen LogP) is 63.3. The quantitative estimate of drug-likeness (QED) is 0.227. The first-order chi connectivity index (χ1) is 60.5. The van der Waals surface area contributed by atoms with Crippen LogP contribution in [0.4, 0.5) is 0 Å². The van der Waals surface area contributed by atoms with Gasteiger partial charge >= 0.3 is 0 Å². The van der Waals surface area contributed by atoms with Gasteiger partial charge in [-0.15, -0.1) is 0 Å². The van der Waals surface area contributed by atoms with Crippen molar-refractivity contribution in [2.45, 2.75) is 848 Å². The highest BCUT2D eigenvalue weighted by Crippen LogP contribution is 2.52. The van der Waals surface area contributed by atoms with Crippen LogP contribution in [-0.4, -0.2) is 0 Å². The van der Waals surface area contributed by atoms with Crippen LogP contribution in [0.15, 0.2) is 0 Å². The molecule has 0 amide bonds. The van der Waals surface area contributed by atoms with Crippen molar-refractivity contribution in [1.29, 1.82) is 0 Å². The van der Waals surface area contributed by atoms with E-state index in [1.54, 1.807) is 0 Å². The smallest absolute Gasteiger partial charge is 0.0257 e. The summed E-state index contributed by atoms with van der Waals surface area (Å²) in [7, 11) is 0. The van der Waals surface area contributed by atoms with Crippen molar-refractivity contribution in [3.05, 3.63) is 0 Å². The van der Waals surface area contributed by atoms with E-state index in [4.69, 9.17) is 0 Å². The lowest BCUT2D eigenvalue weighted by atomic mass is 9.56. The summed E-state index contributed by atoms with van der Waals surface area (Å²) in [4.78, 5) is 0. The lowest BCUT2D eigenvalue weighted by molar-refractivity contribution is 0.00566. The van der Waals surface area contributed by atoms with Gasteiger partial charge in [-0.1, -0.05) is 848 Å². The van der Waals surface area contributed by atoms with Crippen LogP contribution in [0.5, 0.6) is 0 Å². The predicted molar refractivity (Wildman–Crippen MR) is 759 cm³/mol. The van der Waals surface area contributed by atoms with Gasteiger partial charge in [-0.3, -0.25) is 0 Å². The molecule has 0 heterocycles. The summed E-state index contributed by atoms with van der Waals surface area (Å²) in [6, 6.07) is 0. The standard InChI is InChI=1S/2C11H24.6C8H18.7C5H12.18C2H6.6CH4/c2*1-9(2,3)11(7,8)10(4,5)6;6*1-7(2,3)8(4,5)6;7*1-5(2,3)4;18*1-2;;;;;;/h2*1-8H3;6*1-6H3;7*1-4H3;18*1-2H3;6*1H4. The second kappa shape index (κ2) is 136. The van der Waals surface area contributed by atoms with E-state index < -0.39 is 0 Å². The highest BCUT2D eigenvalue weighted by Gasteiger charge is 2.43. The monoisotopic (exact) mass is 2140 g/mol. The zero-order chi connectivity index (χ0) is 128. The molecule has 0 unspecified atom stereocenters. The molecule has 0 aromatic heterocycles. The van der Waals surface area contributed by atoms with Crippen LogP contribution in [0.1, 0.15) is 848 Å². The molecule has 147 heavy (non-hydrogen) atoms. The average molecular weight is 2140 g/mol. The van der Waals surface area contributed by atoms with E-state index in [9.17, 15) is 0 Å². The van der Waals surface area contributed by atoms with Crippen molar-refractivity contribution in [2.75, 3.05) is 0 Å². The maximum Gasteiger partial charge on any atom is -0.0257 e. The fourth-order valence-electron chi connectivity index (χ4n) is 2.25. The lowest BCUT2D eigenvalue weighted by Gasteiger charge is -2.49. The molecule has 0 radical (unpaired) electrons. The molecule has 0 aliphatic rings. The first kappa shape index (κ1) is 269. The molecule has 0 aromatic rings. The van der Waals surface area contributed by atoms with Crippen molar-refractivity contribution in [3.63, 3.8) is 0 Å². The Hall–Kier alpha value is 0. The van der Waals surface area contributed by atoms with Crippen LogP contribution in [0.2, 0.25) is 0 Å². The van der Waals surface area contributed by atoms with Crippen LogP contribution in [0.25, 0.3) is 0 Å². The Labute approximate surface area is 976 Å². The van der Waals surface area contributed by atoms with Gasteiger partial charge < -0.3 is 0 Å². The summed E-state index contributed by atoms with van der Waals surface area (Å²) in [5, 5.41) is 0. The van der Waals surface area contributed by atoms with Gasteiger partial charge in [0.1, 0.15) is 0 Å². The van der Waals surface area contributed by atoms with Crippen molar-refractivity contribution < 1.29 is 0 Å². The molecule has 0 atom stereocenters. The first-order valence-electron chi connectivity index (χ1n) is 60.5. The minimum atomic E-state index is 0. The number of hydrogen-bond donors (Lipinski definition) is 0. The lowest BCUT2D eigenvalue weighted by Crippen LogP contribution is -2.41. The van der Waals surface area contributed by atoms with E-state index in [1.165, 1.54) is 0 Å². The van der Waals surface area contributed by atoms with Gasteiger partial charge in [0.2, 0.25) is 0 Å². The number of hydrogen-bond acceptors (Lipinski definition) is 0. The molecule has 0 spiro atoms. The van der Waals surface area contributed by atoms with Crippen LogP contribution >= 0.6 is 0 Å². The van der Waals surface area contributed by atoms with Gasteiger partial charge in [-0.2, -0.15) is 0 Å². The van der Waals surface area contributed by atoms with Gasteiger partial charge in [0.05, 0.1) is 0 Å². The Kier molecular flexibility index (Phi) is 249. The van der Waals surface area contributed by atoms with E-state index >= 15 is 0 Å². The second-order valence-electron chi connectivity index (χ2n) is 60.2. The largest absolute Gasteiger partial charge is 0.0776 e. The SMILES string of the molecule is C.C.C.C.C.C.CC.CC.CC.CC.CC.CC.CC.CC.CC.CC.CC.CC.CC.CC.CC.CC.CC.CC.CC(C)(C)C.CC(C)(C)C.CC(C)(C)C.CC(C)(C)C.CC(C)(C)C.CC(C)(C)C.CC(C)(C)C.CC(C)(C)C(C)(C)C.CC(C)(C)C(C)(C)C.CC(C)(C)C(C)(C)C.CC(C)(C)C(C)(C)C.CC(C)(C)C(C)(C)C.CC(C)(C)C(C)(C)C.CC(C)(C)C(C)(C)C(C)(C)C.CC(C)(C)C(C)(C)C(C)(C)C. The molecule has 0 fully saturated rings. The second-order valence-corrected chi connectivity index (χ2v) is 60.2. The molecule has 960 valence electrons. The Bertz CT molecular complexity index is 1460. The summed E-state index contributed by atoms with van der Waals surface area (Å²) < 4.78 is 0. The summed E-state index contributed by atoms with van der Waals surface area (Å²) in [5.41, 5.74) is 11.0. The fourth-order valence-corrected chi connectivity index (χ4v) is 2.25. The van der Waals surface area contributed by atoms with Gasteiger partial charge in [0.15, 0.2) is 0 Å². The minimum absolute atomic E-state index is 0.